The number of carbonyl (C=O) groups excluding carboxylic acids is 1. The first-order chi connectivity index (χ1) is 18.6. The number of alkyl halides is 3. The summed E-state index contributed by atoms with van der Waals surface area (Å²) < 4.78 is 48.2. The number of ketones is 1. The van der Waals surface area contributed by atoms with Crippen LogP contribution < -0.4 is 4.74 Å². The van der Waals surface area contributed by atoms with E-state index in [9.17, 15) is 23.2 Å². The highest BCUT2D eigenvalue weighted by Gasteiger charge is 2.34. The number of pyridine rings is 1. The Morgan fingerprint density at radius 1 is 1.18 bits per heavy atom. The minimum absolute atomic E-state index is 0.0311. The summed E-state index contributed by atoms with van der Waals surface area (Å²) in [4.78, 5) is 16.4. The first-order valence-electron chi connectivity index (χ1n) is 11.7. The van der Waals surface area contributed by atoms with Gasteiger partial charge < -0.3 is 4.74 Å². The van der Waals surface area contributed by atoms with E-state index < -0.39 is 11.9 Å². The number of thioether (sulfide) groups is 1. The molecule has 0 bridgehead atoms. The van der Waals surface area contributed by atoms with Crippen LogP contribution in [0.3, 0.4) is 0 Å². The second-order valence-corrected chi connectivity index (χ2v) is 9.50. The lowest BCUT2D eigenvalue weighted by Crippen LogP contribution is -2.10. The largest absolute Gasteiger partial charge is 0.496 e. The zero-order valence-corrected chi connectivity index (χ0v) is 22.1. The molecule has 6 nitrogen and oxygen atoms in total. The number of nitriles is 1. The zero-order chi connectivity index (χ0) is 28.2. The van der Waals surface area contributed by atoms with Crippen molar-refractivity contribution in [3.05, 3.63) is 101 Å². The Hall–Kier alpha value is -4.36. The van der Waals surface area contributed by atoms with Crippen molar-refractivity contribution in [2.24, 2.45) is 7.05 Å². The van der Waals surface area contributed by atoms with Crippen molar-refractivity contribution in [2.45, 2.75) is 23.9 Å². The number of methoxy groups -OCH3 is 1. The summed E-state index contributed by atoms with van der Waals surface area (Å²) in [6.07, 6.45) is -0.0822. The van der Waals surface area contributed by atoms with Gasteiger partial charge in [0, 0.05) is 29.6 Å². The normalized spacial score (nSPS) is 11.5. The summed E-state index contributed by atoms with van der Waals surface area (Å²) in [5.41, 5.74) is 2.24. The minimum Gasteiger partial charge on any atom is -0.496 e. The van der Waals surface area contributed by atoms with Crippen molar-refractivity contribution in [1.29, 1.82) is 5.26 Å². The van der Waals surface area contributed by atoms with Crippen LogP contribution in [0.25, 0.3) is 17.2 Å². The van der Waals surface area contributed by atoms with Gasteiger partial charge in [0.2, 0.25) is 0 Å². The molecule has 10 heteroatoms. The maximum Gasteiger partial charge on any atom is 0.433 e. The molecule has 0 unspecified atom stereocenters. The third-order valence-electron chi connectivity index (χ3n) is 6.07. The molecule has 0 fully saturated rings. The molecule has 2 aromatic carbocycles. The molecule has 0 aliphatic carbocycles. The van der Waals surface area contributed by atoms with Gasteiger partial charge in [0.1, 0.15) is 22.5 Å². The molecular formula is C29H23F3N4O2S. The Bertz CT molecular complexity index is 1590. The highest BCUT2D eigenvalue weighted by atomic mass is 32.2. The summed E-state index contributed by atoms with van der Waals surface area (Å²) in [6.45, 7) is 1.80. The van der Waals surface area contributed by atoms with E-state index in [0.717, 1.165) is 23.5 Å². The average molecular weight is 549 g/mol. The summed E-state index contributed by atoms with van der Waals surface area (Å²) in [6, 6.07) is 16.6. The second kappa shape index (κ2) is 11.6. The molecule has 2 aromatic heterocycles. The number of allylic oxidation sites excluding steroid dienone is 1. The van der Waals surface area contributed by atoms with Crippen molar-refractivity contribution in [3.8, 4) is 22.9 Å². The zero-order valence-electron chi connectivity index (χ0n) is 21.3. The molecule has 0 N–H and O–H groups in total. The van der Waals surface area contributed by atoms with Crippen molar-refractivity contribution < 1.29 is 22.7 Å². The van der Waals surface area contributed by atoms with E-state index >= 15 is 0 Å². The lowest BCUT2D eigenvalue weighted by atomic mass is 10.0. The Morgan fingerprint density at radius 3 is 2.54 bits per heavy atom. The van der Waals surface area contributed by atoms with Crippen LogP contribution in [0.15, 0.2) is 71.9 Å². The molecule has 0 radical (unpaired) electrons. The number of carbonyl (C=O) groups is 1. The number of benzene rings is 2. The van der Waals surface area contributed by atoms with Crippen molar-refractivity contribution in [3.63, 3.8) is 0 Å². The summed E-state index contributed by atoms with van der Waals surface area (Å²) in [5.74, 6) is 0.494. The van der Waals surface area contributed by atoms with E-state index in [1.807, 2.05) is 6.07 Å². The van der Waals surface area contributed by atoms with Gasteiger partial charge in [0.25, 0.3) is 0 Å². The van der Waals surface area contributed by atoms with Crippen LogP contribution in [0.5, 0.6) is 5.75 Å². The van der Waals surface area contributed by atoms with E-state index in [4.69, 9.17) is 4.74 Å². The van der Waals surface area contributed by atoms with E-state index in [1.165, 1.54) is 19.4 Å². The number of aryl methyl sites for hydroxylation is 1. The maximum absolute atomic E-state index is 13.7. The van der Waals surface area contributed by atoms with Gasteiger partial charge in [-0.15, -0.1) is 11.8 Å². The van der Waals surface area contributed by atoms with Crippen LogP contribution in [0.4, 0.5) is 13.2 Å². The van der Waals surface area contributed by atoms with Crippen LogP contribution in [-0.2, 0) is 19.0 Å². The fraction of sp³-hybridized carbons (Fsp3) is 0.172. The average Bonchev–Trinajstić information content (AvgIpc) is 3.27. The minimum atomic E-state index is -4.69. The predicted molar refractivity (Wildman–Crippen MR) is 143 cm³/mol. The van der Waals surface area contributed by atoms with Crippen LogP contribution in [0.1, 0.15) is 38.4 Å². The first-order valence-corrected chi connectivity index (χ1v) is 12.7. The molecule has 0 aliphatic rings. The van der Waals surface area contributed by atoms with Gasteiger partial charge in [0.05, 0.1) is 24.4 Å². The number of nitrogens with zero attached hydrogens (tertiary/aromatic N) is 4. The van der Waals surface area contributed by atoms with Gasteiger partial charge in [-0.05, 0) is 42.3 Å². The van der Waals surface area contributed by atoms with Crippen molar-refractivity contribution in [2.75, 3.05) is 7.11 Å². The molecule has 2 heterocycles. The molecule has 4 aromatic rings. The Morgan fingerprint density at radius 2 is 1.92 bits per heavy atom. The van der Waals surface area contributed by atoms with Gasteiger partial charge in [-0.25, -0.2) is 4.98 Å². The third kappa shape index (κ3) is 6.21. The quantitative estimate of drug-likeness (QED) is 0.136. The molecule has 0 amide bonds. The monoisotopic (exact) mass is 548 g/mol. The lowest BCUT2D eigenvalue weighted by Gasteiger charge is -2.15. The third-order valence-corrected chi connectivity index (χ3v) is 7.09. The number of aromatic nitrogens is 3. The Balaban J connectivity index is 1.66. The number of ether oxygens (including phenoxy) is 1. The highest BCUT2D eigenvalue weighted by Crippen LogP contribution is 2.38. The SMILES string of the molecule is COc1ccc(/C=C/C(=O)c2cnn(C)c2C)cc1CSc1nc(C(F)(F)F)cc(-c2ccccc2)c1C#N. The summed E-state index contributed by atoms with van der Waals surface area (Å²) >= 11 is 1.01. The van der Waals surface area contributed by atoms with Gasteiger partial charge in [0.15, 0.2) is 5.78 Å². The molecule has 0 saturated heterocycles. The van der Waals surface area contributed by atoms with E-state index in [0.29, 0.717) is 28.0 Å². The molecule has 0 saturated carbocycles. The van der Waals surface area contributed by atoms with E-state index in [1.54, 1.807) is 73.3 Å². The molecule has 0 atom stereocenters. The first kappa shape index (κ1) is 27.7. The topological polar surface area (TPSA) is 80.8 Å². The lowest BCUT2D eigenvalue weighted by molar-refractivity contribution is -0.141. The fourth-order valence-electron chi connectivity index (χ4n) is 3.89. The van der Waals surface area contributed by atoms with Crippen LogP contribution >= 0.6 is 11.8 Å². The Labute approximate surface area is 227 Å². The summed E-state index contributed by atoms with van der Waals surface area (Å²) in [7, 11) is 3.24. The number of halogens is 3. The van der Waals surface area contributed by atoms with E-state index in [-0.39, 0.29) is 27.7 Å². The predicted octanol–water partition coefficient (Wildman–Crippen LogP) is 6.88. The fourth-order valence-corrected chi connectivity index (χ4v) is 4.87. The standard InChI is InChI=1S/C29H23F3N4O2S/c1-18-24(16-34-36(18)2)25(37)11-9-19-10-12-26(38-3)21(13-19)17-39-28-23(15-33)22(20-7-5-4-6-8-20)14-27(35-28)29(30,31)32/h4-14,16H,17H2,1-3H3/b11-9+. The highest BCUT2D eigenvalue weighted by molar-refractivity contribution is 7.98. The van der Waals surface area contributed by atoms with Gasteiger partial charge >= 0.3 is 6.18 Å². The number of hydrogen-bond acceptors (Lipinski definition) is 6. The number of hydrogen-bond donors (Lipinski definition) is 0. The van der Waals surface area contributed by atoms with Crippen molar-refractivity contribution in [1.82, 2.24) is 14.8 Å². The van der Waals surface area contributed by atoms with E-state index in [2.05, 4.69) is 10.1 Å². The van der Waals surface area contributed by atoms with Crippen LogP contribution in [0, 0.1) is 18.3 Å². The van der Waals surface area contributed by atoms with Crippen LogP contribution in [-0.4, -0.2) is 27.7 Å². The smallest absolute Gasteiger partial charge is 0.433 e. The number of rotatable bonds is 8. The Kier molecular flexibility index (Phi) is 8.21. The molecule has 4 rings (SSSR count). The second-order valence-electron chi connectivity index (χ2n) is 8.54. The van der Waals surface area contributed by atoms with Crippen molar-refractivity contribution >= 4 is 23.6 Å². The molecule has 0 spiro atoms. The van der Waals surface area contributed by atoms with Crippen LogP contribution in [0.2, 0.25) is 0 Å². The summed E-state index contributed by atoms with van der Waals surface area (Å²) in [5, 5.41) is 13.9. The van der Waals surface area contributed by atoms with Gasteiger partial charge in [-0.1, -0.05) is 42.5 Å². The molecule has 39 heavy (non-hydrogen) atoms. The van der Waals surface area contributed by atoms with Gasteiger partial charge in [-0.2, -0.15) is 23.5 Å². The molecule has 198 valence electrons. The molecule has 0 aliphatic heterocycles. The maximum atomic E-state index is 13.7. The van der Waals surface area contributed by atoms with Gasteiger partial charge in [-0.3, -0.25) is 9.48 Å². The molecular weight excluding hydrogens is 525 g/mol.